The molecule has 0 radical (unpaired) electrons. The SMILES string of the molecule is CCCCCCCCC=CCCCCCCC=CCCCCCCCC(CCO)OC(C)=O. The zero-order valence-corrected chi connectivity index (χ0v) is 22.2. The average Bonchev–Trinajstić information content (AvgIpc) is 2.79. The molecular formula is C30H56O3. The van der Waals surface area contributed by atoms with E-state index in [2.05, 4.69) is 31.2 Å². The number of aliphatic hydroxyl groups is 1. The second kappa shape index (κ2) is 27.2. The Kier molecular flexibility index (Phi) is 26.3. The van der Waals surface area contributed by atoms with Gasteiger partial charge < -0.3 is 9.84 Å². The van der Waals surface area contributed by atoms with Crippen molar-refractivity contribution in [3.8, 4) is 0 Å². The fourth-order valence-corrected chi connectivity index (χ4v) is 4.20. The minimum Gasteiger partial charge on any atom is -0.462 e. The predicted octanol–water partition coefficient (Wildman–Crippen LogP) is 9.23. The Morgan fingerprint density at radius 3 is 1.42 bits per heavy atom. The van der Waals surface area contributed by atoms with Gasteiger partial charge in [-0.3, -0.25) is 4.79 Å². The van der Waals surface area contributed by atoms with Crippen molar-refractivity contribution in [3.63, 3.8) is 0 Å². The fourth-order valence-electron chi connectivity index (χ4n) is 4.20. The second-order valence-corrected chi connectivity index (χ2v) is 9.58. The summed E-state index contributed by atoms with van der Waals surface area (Å²) in [7, 11) is 0. The van der Waals surface area contributed by atoms with Crippen molar-refractivity contribution in [1.82, 2.24) is 0 Å². The van der Waals surface area contributed by atoms with Crippen LogP contribution < -0.4 is 0 Å². The molecule has 0 aromatic rings. The molecule has 33 heavy (non-hydrogen) atoms. The predicted molar refractivity (Wildman–Crippen MR) is 144 cm³/mol. The summed E-state index contributed by atoms with van der Waals surface area (Å²) in [5.74, 6) is -0.244. The van der Waals surface area contributed by atoms with Crippen molar-refractivity contribution in [3.05, 3.63) is 24.3 Å². The van der Waals surface area contributed by atoms with Crippen molar-refractivity contribution >= 4 is 5.97 Å². The standard InChI is InChI=1S/C30H56O3/c1-3-4-5-6-7-8-9-10-11-12-13-14-15-16-17-18-19-20-21-22-23-24-25-26-30(27-28-31)33-29(2)32/h10-11,18-19,30-31H,3-9,12-17,20-28H2,1-2H3. The van der Waals surface area contributed by atoms with E-state index in [-0.39, 0.29) is 18.7 Å². The summed E-state index contributed by atoms with van der Waals surface area (Å²) in [6.07, 6.45) is 35.6. The van der Waals surface area contributed by atoms with Gasteiger partial charge in [0, 0.05) is 20.0 Å². The van der Waals surface area contributed by atoms with Crippen molar-refractivity contribution in [1.29, 1.82) is 0 Å². The first kappa shape index (κ1) is 31.9. The van der Waals surface area contributed by atoms with E-state index in [0.717, 1.165) is 12.8 Å². The van der Waals surface area contributed by atoms with Gasteiger partial charge in [-0.15, -0.1) is 0 Å². The highest BCUT2D eigenvalue weighted by molar-refractivity contribution is 5.66. The Morgan fingerprint density at radius 1 is 0.636 bits per heavy atom. The van der Waals surface area contributed by atoms with Crippen LogP contribution in [0.25, 0.3) is 0 Å². The number of esters is 1. The molecule has 1 N–H and O–H groups in total. The molecule has 0 rings (SSSR count). The first-order chi connectivity index (χ1) is 16.2. The number of hydrogen-bond donors (Lipinski definition) is 1. The number of unbranched alkanes of at least 4 members (excludes halogenated alkanes) is 16. The molecule has 0 heterocycles. The van der Waals surface area contributed by atoms with Crippen LogP contribution in [0.2, 0.25) is 0 Å². The first-order valence-electron chi connectivity index (χ1n) is 14.3. The van der Waals surface area contributed by atoms with Gasteiger partial charge in [0.1, 0.15) is 6.10 Å². The smallest absolute Gasteiger partial charge is 0.302 e. The van der Waals surface area contributed by atoms with Crippen LogP contribution in [0, 0.1) is 0 Å². The van der Waals surface area contributed by atoms with E-state index >= 15 is 0 Å². The van der Waals surface area contributed by atoms with Crippen LogP contribution in [-0.2, 0) is 9.53 Å². The van der Waals surface area contributed by atoms with Gasteiger partial charge in [-0.1, -0.05) is 95.4 Å². The van der Waals surface area contributed by atoms with Crippen LogP contribution in [0.15, 0.2) is 24.3 Å². The van der Waals surface area contributed by atoms with E-state index in [1.165, 1.54) is 122 Å². The maximum absolute atomic E-state index is 11.0. The van der Waals surface area contributed by atoms with Crippen LogP contribution in [0.5, 0.6) is 0 Å². The molecule has 0 aliphatic heterocycles. The van der Waals surface area contributed by atoms with E-state index in [1.54, 1.807) is 0 Å². The van der Waals surface area contributed by atoms with Crippen LogP contribution in [0.1, 0.15) is 149 Å². The highest BCUT2D eigenvalue weighted by Gasteiger charge is 2.10. The molecule has 1 atom stereocenters. The Hall–Kier alpha value is -1.09. The zero-order chi connectivity index (χ0) is 24.2. The molecule has 0 fully saturated rings. The molecule has 0 bridgehead atoms. The molecule has 0 saturated carbocycles. The third-order valence-electron chi connectivity index (χ3n) is 6.23. The van der Waals surface area contributed by atoms with E-state index in [4.69, 9.17) is 9.84 Å². The largest absolute Gasteiger partial charge is 0.462 e. The molecule has 194 valence electrons. The normalized spacial score (nSPS) is 12.7. The van der Waals surface area contributed by atoms with E-state index < -0.39 is 0 Å². The highest BCUT2D eigenvalue weighted by Crippen LogP contribution is 2.14. The minimum atomic E-state index is -0.244. The molecular weight excluding hydrogens is 408 g/mol. The lowest BCUT2D eigenvalue weighted by molar-refractivity contribution is -0.147. The number of hydrogen-bond acceptors (Lipinski definition) is 3. The van der Waals surface area contributed by atoms with Crippen LogP contribution in [0.3, 0.4) is 0 Å². The fraction of sp³-hybridized carbons (Fsp3) is 0.833. The second-order valence-electron chi connectivity index (χ2n) is 9.58. The van der Waals surface area contributed by atoms with Crippen molar-refractivity contribution in [2.45, 2.75) is 155 Å². The average molecular weight is 465 g/mol. The minimum absolute atomic E-state index is 0.0843. The summed E-state index contributed by atoms with van der Waals surface area (Å²) in [5.41, 5.74) is 0. The number of carbonyl (C=O) groups excluding carboxylic acids is 1. The first-order valence-corrected chi connectivity index (χ1v) is 14.3. The summed E-state index contributed by atoms with van der Waals surface area (Å²) >= 11 is 0. The third-order valence-corrected chi connectivity index (χ3v) is 6.23. The molecule has 0 aliphatic rings. The zero-order valence-electron chi connectivity index (χ0n) is 22.2. The van der Waals surface area contributed by atoms with Gasteiger partial charge in [-0.2, -0.15) is 0 Å². The van der Waals surface area contributed by atoms with E-state index in [1.807, 2.05) is 0 Å². The molecule has 0 saturated heterocycles. The molecule has 0 amide bonds. The number of aliphatic hydroxyl groups excluding tert-OH is 1. The molecule has 0 aromatic heterocycles. The third kappa shape index (κ3) is 27.0. The Balaban J connectivity index is 3.31. The number of allylic oxidation sites excluding steroid dienone is 4. The van der Waals surface area contributed by atoms with Gasteiger partial charge in [-0.25, -0.2) is 0 Å². The lowest BCUT2D eigenvalue weighted by Gasteiger charge is -2.15. The number of ether oxygens (including phenoxy) is 1. The van der Waals surface area contributed by atoms with Crippen molar-refractivity contribution in [2.75, 3.05) is 6.61 Å². The molecule has 3 nitrogen and oxygen atoms in total. The monoisotopic (exact) mass is 464 g/mol. The van der Waals surface area contributed by atoms with Crippen LogP contribution >= 0.6 is 0 Å². The van der Waals surface area contributed by atoms with E-state index in [9.17, 15) is 4.79 Å². The van der Waals surface area contributed by atoms with Gasteiger partial charge in [0.25, 0.3) is 0 Å². The van der Waals surface area contributed by atoms with Gasteiger partial charge in [0.05, 0.1) is 0 Å². The molecule has 3 heteroatoms. The van der Waals surface area contributed by atoms with Gasteiger partial charge >= 0.3 is 5.97 Å². The topological polar surface area (TPSA) is 46.5 Å². The Morgan fingerprint density at radius 2 is 1.03 bits per heavy atom. The quantitative estimate of drug-likeness (QED) is 0.0831. The highest BCUT2D eigenvalue weighted by atomic mass is 16.5. The van der Waals surface area contributed by atoms with Crippen LogP contribution in [0.4, 0.5) is 0 Å². The molecule has 0 aromatic carbocycles. The van der Waals surface area contributed by atoms with E-state index in [0.29, 0.717) is 6.42 Å². The van der Waals surface area contributed by atoms with Gasteiger partial charge in [0.15, 0.2) is 0 Å². The van der Waals surface area contributed by atoms with Gasteiger partial charge in [0.2, 0.25) is 0 Å². The van der Waals surface area contributed by atoms with Gasteiger partial charge in [-0.05, 0) is 64.2 Å². The molecule has 0 spiro atoms. The number of rotatable bonds is 25. The van der Waals surface area contributed by atoms with Crippen molar-refractivity contribution < 1.29 is 14.6 Å². The number of carbonyl (C=O) groups is 1. The summed E-state index contributed by atoms with van der Waals surface area (Å²) in [6, 6.07) is 0. The Labute approximate surface area is 206 Å². The summed E-state index contributed by atoms with van der Waals surface area (Å²) in [4.78, 5) is 11.0. The lowest BCUT2D eigenvalue weighted by Crippen LogP contribution is -2.17. The summed E-state index contributed by atoms with van der Waals surface area (Å²) in [6.45, 7) is 3.80. The maximum atomic E-state index is 11.0. The van der Waals surface area contributed by atoms with Crippen molar-refractivity contribution in [2.24, 2.45) is 0 Å². The Bertz CT molecular complexity index is 455. The van der Waals surface area contributed by atoms with Crippen LogP contribution in [-0.4, -0.2) is 23.8 Å². The summed E-state index contributed by atoms with van der Waals surface area (Å²) < 4.78 is 5.23. The summed E-state index contributed by atoms with van der Waals surface area (Å²) in [5, 5.41) is 9.03. The lowest BCUT2D eigenvalue weighted by atomic mass is 10.0. The molecule has 1 unspecified atom stereocenters. The maximum Gasteiger partial charge on any atom is 0.302 e. The molecule has 0 aliphatic carbocycles.